The second kappa shape index (κ2) is 10.0. The maximum atomic E-state index is 12.1. The molecule has 0 aliphatic rings. The largest absolute Gasteiger partial charge is 0.508 e. The van der Waals surface area contributed by atoms with Gasteiger partial charge in [-0.3, -0.25) is 4.79 Å². The number of nitrogens with one attached hydrogen (secondary N) is 1. The molecule has 0 saturated heterocycles. The molecule has 0 aliphatic heterocycles. The first-order valence-corrected chi connectivity index (χ1v) is 9.60. The van der Waals surface area contributed by atoms with E-state index in [1.54, 1.807) is 36.4 Å². The molecular formula is C22H18Cl2N2O4. The Morgan fingerprint density at radius 2 is 1.73 bits per heavy atom. The summed E-state index contributed by atoms with van der Waals surface area (Å²) < 4.78 is 11.3. The van der Waals surface area contributed by atoms with Crippen LogP contribution in [0.25, 0.3) is 0 Å². The molecule has 1 amide bonds. The zero-order valence-corrected chi connectivity index (χ0v) is 17.4. The van der Waals surface area contributed by atoms with Gasteiger partial charge in [0, 0.05) is 26.7 Å². The number of hydrazone groups is 1. The van der Waals surface area contributed by atoms with Crippen LogP contribution in [0.3, 0.4) is 0 Å². The van der Waals surface area contributed by atoms with E-state index in [4.69, 9.17) is 32.7 Å². The van der Waals surface area contributed by atoms with Crippen molar-refractivity contribution in [3.63, 3.8) is 0 Å². The third-order valence-corrected chi connectivity index (χ3v) is 4.86. The molecule has 0 atom stereocenters. The second-order valence-electron chi connectivity index (χ2n) is 6.11. The number of carbonyl (C=O) groups excluding carboxylic acids is 1. The number of para-hydroxylation sites is 1. The number of phenolic OH excluding ortho intramolecular Hbond substituents is 1. The van der Waals surface area contributed by atoms with Crippen molar-refractivity contribution >= 4 is 35.3 Å². The summed E-state index contributed by atoms with van der Waals surface area (Å²) in [5.74, 6) is 0.580. The van der Waals surface area contributed by atoms with Crippen LogP contribution in [0, 0.1) is 0 Å². The number of phenols is 1. The molecule has 0 radical (unpaired) electrons. The van der Waals surface area contributed by atoms with Crippen LogP contribution in [0.5, 0.6) is 17.2 Å². The lowest BCUT2D eigenvalue weighted by molar-refractivity contribution is 0.0955. The third-order valence-electron chi connectivity index (χ3n) is 4.15. The summed E-state index contributed by atoms with van der Waals surface area (Å²) in [4.78, 5) is 12.1. The first-order chi connectivity index (χ1) is 14.5. The van der Waals surface area contributed by atoms with Crippen LogP contribution in [0.4, 0.5) is 0 Å². The molecular weight excluding hydrogens is 427 g/mol. The zero-order chi connectivity index (χ0) is 21.5. The SMILES string of the molecule is COc1cccc(/C=N/NC(=O)c2ccc(O)cc2)c1OCc1c(Cl)cccc1Cl. The number of ether oxygens (including phenoxy) is 2. The molecule has 0 heterocycles. The van der Waals surface area contributed by atoms with Gasteiger partial charge in [0.25, 0.3) is 5.91 Å². The molecule has 154 valence electrons. The minimum Gasteiger partial charge on any atom is -0.508 e. The number of nitrogens with zero attached hydrogens (tertiary/aromatic N) is 1. The standard InChI is InChI=1S/C22H18Cl2N2O4/c1-29-20-7-2-4-15(12-25-26-22(28)14-8-10-16(27)11-9-14)21(20)30-13-17-18(23)5-3-6-19(17)24/h2-12,27H,13H2,1H3,(H,26,28)/b25-12+. The number of hydrogen-bond donors (Lipinski definition) is 2. The molecule has 2 N–H and O–H groups in total. The molecule has 3 aromatic carbocycles. The van der Waals surface area contributed by atoms with Crippen LogP contribution in [0.2, 0.25) is 10.0 Å². The van der Waals surface area contributed by atoms with Gasteiger partial charge in [-0.2, -0.15) is 5.10 Å². The molecule has 6 nitrogen and oxygen atoms in total. The molecule has 0 aromatic heterocycles. The number of methoxy groups -OCH3 is 1. The lowest BCUT2D eigenvalue weighted by Crippen LogP contribution is -2.17. The molecule has 0 spiro atoms. The quantitative estimate of drug-likeness (QED) is 0.394. The number of rotatable bonds is 7. The van der Waals surface area contributed by atoms with Gasteiger partial charge in [-0.25, -0.2) is 5.43 Å². The van der Waals surface area contributed by atoms with E-state index in [0.29, 0.717) is 38.2 Å². The van der Waals surface area contributed by atoms with Crippen molar-refractivity contribution in [1.29, 1.82) is 0 Å². The van der Waals surface area contributed by atoms with Crippen LogP contribution in [-0.4, -0.2) is 24.3 Å². The molecule has 3 rings (SSSR count). The monoisotopic (exact) mass is 444 g/mol. The predicted molar refractivity (Wildman–Crippen MR) is 117 cm³/mol. The van der Waals surface area contributed by atoms with Crippen molar-refractivity contribution in [2.45, 2.75) is 6.61 Å². The number of benzene rings is 3. The van der Waals surface area contributed by atoms with Crippen LogP contribution >= 0.6 is 23.2 Å². The van der Waals surface area contributed by atoms with Gasteiger partial charge in [0.15, 0.2) is 11.5 Å². The van der Waals surface area contributed by atoms with Crippen molar-refractivity contribution in [2.75, 3.05) is 7.11 Å². The number of amides is 1. The number of hydrogen-bond acceptors (Lipinski definition) is 5. The minimum atomic E-state index is -0.417. The van der Waals surface area contributed by atoms with Crippen LogP contribution in [0.15, 0.2) is 65.8 Å². The summed E-state index contributed by atoms with van der Waals surface area (Å²) in [7, 11) is 1.53. The Hall–Kier alpha value is -3.22. The van der Waals surface area contributed by atoms with Crippen LogP contribution in [-0.2, 0) is 6.61 Å². The molecule has 0 unspecified atom stereocenters. The molecule has 3 aromatic rings. The molecule has 0 bridgehead atoms. The Morgan fingerprint density at radius 1 is 1.07 bits per heavy atom. The fourth-order valence-corrected chi connectivity index (χ4v) is 3.11. The van der Waals surface area contributed by atoms with Gasteiger partial charge >= 0.3 is 0 Å². The molecule has 30 heavy (non-hydrogen) atoms. The minimum absolute atomic E-state index is 0.0758. The van der Waals surface area contributed by atoms with E-state index in [2.05, 4.69) is 10.5 Å². The van der Waals surface area contributed by atoms with E-state index >= 15 is 0 Å². The Kier molecular flexibility index (Phi) is 7.17. The molecule has 0 aliphatic carbocycles. The summed E-state index contributed by atoms with van der Waals surface area (Å²) in [5, 5.41) is 14.3. The topological polar surface area (TPSA) is 80.2 Å². The van der Waals surface area contributed by atoms with Gasteiger partial charge in [-0.15, -0.1) is 0 Å². The average molecular weight is 445 g/mol. The van der Waals surface area contributed by atoms with Crippen molar-refractivity contribution in [2.24, 2.45) is 5.10 Å². The van der Waals surface area contributed by atoms with Gasteiger partial charge in [0.1, 0.15) is 12.4 Å². The first-order valence-electron chi connectivity index (χ1n) is 8.84. The van der Waals surface area contributed by atoms with Gasteiger partial charge in [-0.1, -0.05) is 35.3 Å². The normalized spacial score (nSPS) is 10.8. The van der Waals surface area contributed by atoms with E-state index < -0.39 is 5.91 Å². The highest BCUT2D eigenvalue weighted by molar-refractivity contribution is 6.35. The summed E-state index contributed by atoms with van der Waals surface area (Å²) in [6.07, 6.45) is 1.45. The van der Waals surface area contributed by atoms with Crippen molar-refractivity contribution in [1.82, 2.24) is 5.43 Å². The van der Waals surface area contributed by atoms with Crippen molar-refractivity contribution in [3.05, 3.63) is 87.4 Å². The highest BCUT2D eigenvalue weighted by atomic mass is 35.5. The van der Waals surface area contributed by atoms with Gasteiger partial charge in [-0.05, 0) is 48.5 Å². The third kappa shape index (κ3) is 5.23. The zero-order valence-electron chi connectivity index (χ0n) is 15.9. The summed E-state index contributed by atoms with van der Waals surface area (Å²) >= 11 is 12.4. The number of carbonyl (C=O) groups is 1. The average Bonchev–Trinajstić information content (AvgIpc) is 2.74. The summed E-state index contributed by atoms with van der Waals surface area (Å²) in [6.45, 7) is 0.125. The highest BCUT2D eigenvalue weighted by Gasteiger charge is 2.13. The van der Waals surface area contributed by atoms with Gasteiger partial charge in [0.2, 0.25) is 0 Å². The maximum Gasteiger partial charge on any atom is 0.271 e. The lowest BCUT2D eigenvalue weighted by atomic mass is 10.2. The maximum absolute atomic E-state index is 12.1. The Bertz CT molecular complexity index is 1050. The molecule has 0 saturated carbocycles. The van der Waals surface area contributed by atoms with E-state index in [9.17, 15) is 9.90 Å². The molecule has 0 fully saturated rings. The van der Waals surface area contributed by atoms with E-state index in [-0.39, 0.29) is 12.4 Å². The fourth-order valence-electron chi connectivity index (χ4n) is 2.60. The Labute approximate surface area is 183 Å². The van der Waals surface area contributed by atoms with Crippen molar-refractivity contribution < 1.29 is 19.4 Å². The predicted octanol–water partition coefficient (Wildman–Crippen LogP) is 5.05. The highest BCUT2D eigenvalue weighted by Crippen LogP contribution is 2.33. The number of aromatic hydroxyl groups is 1. The van der Waals surface area contributed by atoms with E-state index in [1.807, 2.05) is 0 Å². The second-order valence-corrected chi connectivity index (χ2v) is 6.93. The van der Waals surface area contributed by atoms with Crippen LogP contribution in [0.1, 0.15) is 21.5 Å². The van der Waals surface area contributed by atoms with Crippen LogP contribution < -0.4 is 14.9 Å². The fraction of sp³-hybridized carbons (Fsp3) is 0.0909. The molecule has 8 heteroatoms. The summed E-state index contributed by atoms with van der Waals surface area (Å²) in [6, 6.07) is 16.3. The summed E-state index contributed by atoms with van der Waals surface area (Å²) in [5.41, 5.74) is 4.03. The van der Waals surface area contributed by atoms with Crippen molar-refractivity contribution in [3.8, 4) is 17.2 Å². The van der Waals surface area contributed by atoms with Gasteiger partial charge < -0.3 is 14.6 Å². The Balaban J connectivity index is 1.77. The smallest absolute Gasteiger partial charge is 0.271 e. The Morgan fingerprint density at radius 3 is 2.40 bits per heavy atom. The van der Waals surface area contributed by atoms with E-state index in [1.165, 1.54) is 37.6 Å². The number of halogens is 2. The first kappa shape index (κ1) is 21.5. The van der Waals surface area contributed by atoms with Gasteiger partial charge in [0.05, 0.1) is 13.3 Å². The lowest BCUT2D eigenvalue weighted by Gasteiger charge is -2.14. The van der Waals surface area contributed by atoms with E-state index in [0.717, 1.165) is 0 Å².